The largest absolute Gasteiger partial charge is 0.444 e. The summed E-state index contributed by atoms with van der Waals surface area (Å²) < 4.78 is 52.5. The first-order valence-electron chi connectivity index (χ1n) is 12.1. The number of urea groups is 1. The molecule has 1 saturated heterocycles. The Morgan fingerprint density at radius 2 is 1.92 bits per heavy atom. The van der Waals surface area contributed by atoms with E-state index in [0.717, 1.165) is 4.90 Å². The second-order valence-corrected chi connectivity index (χ2v) is 10.2. The number of anilines is 1. The molecule has 2 heterocycles. The summed E-state index contributed by atoms with van der Waals surface area (Å²) in [6.45, 7) is 4.81. The fourth-order valence-corrected chi connectivity index (χ4v) is 3.95. The summed E-state index contributed by atoms with van der Waals surface area (Å²) in [5.41, 5.74) is 0.0887. The van der Waals surface area contributed by atoms with E-state index in [1.54, 1.807) is 20.8 Å². The van der Waals surface area contributed by atoms with Gasteiger partial charge in [0.15, 0.2) is 0 Å². The van der Waals surface area contributed by atoms with Crippen molar-refractivity contribution in [2.24, 2.45) is 0 Å². The Morgan fingerprint density at radius 3 is 2.56 bits per heavy atom. The first kappa shape index (κ1) is 29.7. The van der Waals surface area contributed by atoms with E-state index >= 15 is 0 Å². The monoisotopic (exact) mass is 551 g/mol. The van der Waals surface area contributed by atoms with Crippen LogP contribution in [0.1, 0.15) is 49.5 Å². The number of benzene rings is 1. The predicted molar refractivity (Wildman–Crippen MR) is 136 cm³/mol. The Bertz CT molecular complexity index is 1220. The maximum Gasteiger partial charge on any atom is 0.408 e. The lowest BCUT2D eigenvalue weighted by Crippen LogP contribution is -2.58. The van der Waals surface area contributed by atoms with E-state index in [-0.39, 0.29) is 23.6 Å². The average molecular weight is 552 g/mol. The highest BCUT2D eigenvalue weighted by molar-refractivity contribution is 5.96. The van der Waals surface area contributed by atoms with Crippen molar-refractivity contribution in [3.05, 3.63) is 59.0 Å². The van der Waals surface area contributed by atoms with E-state index in [1.807, 2.05) is 0 Å². The Balaban J connectivity index is 1.88. The number of hydrogen-bond acceptors (Lipinski definition) is 6. The van der Waals surface area contributed by atoms with E-state index in [4.69, 9.17) is 9.47 Å². The van der Waals surface area contributed by atoms with Gasteiger partial charge in [-0.15, -0.1) is 0 Å². The van der Waals surface area contributed by atoms with Gasteiger partial charge in [-0.3, -0.25) is 4.79 Å². The van der Waals surface area contributed by atoms with Gasteiger partial charge >= 0.3 is 12.1 Å². The van der Waals surface area contributed by atoms with Gasteiger partial charge in [-0.2, -0.15) is 0 Å². The van der Waals surface area contributed by atoms with Crippen molar-refractivity contribution in [1.29, 1.82) is 0 Å². The molecule has 10 nitrogen and oxygen atoms in total. The minimum absolute atomic E-state index is 0.0256. The number of carbonyl (C=O) groups excluding carboxylic acids is 3. The Labute approximate surface area is 224 Å². The number of alkyl halides is 2. The van der Waals surface area contributed by atoms with E-state index < -0.39 is 60.5 Å². The molecule has 0 spiro atoms. The second kappa shape index (κ2) is 11.9. The number of hydrogen-bond donors (Lipinski definition) is 3. The fourth-order valence-electron chi connectivity index (χ4n) is 3.95. The van der Waals surface area contributed by atoms with Crippen molar-refractivity contribution in [2.75, 3.05) is 32.1 Å². The summed E-state index contributed by atoms with van der Waals surface area (Å²) in [5, 5.41) is 7.25. The number of alkyl carbamates (subject to hydrolysis) is 1. The first-order valence-corrected chi connectivity index (χ1v) is 12.1. The van der Waals surface area contributed by atoms with Crippen LogP contribution in [0.5, 0.6) is 0 Å². The molecule has 1 aromatic carbocycles. The molecule has 39 heavy (non-hydrogen) atoms. The van der Waals surface area contributed by atoms with Crippen LogP contribution < -0.4 is 16.0 Å². The molecule has 1 aliphatic rings. The van der Waals surface area contributed by atoms with Gasteiger partial charge in [0.05, 0.1) is 25.7 Å². The number of nitrogens with one attached hydrogen (secondary N) is 3. The summed E-state index contributed by atoms with van der Waals surface area (Å²) >= 11 is 0. The van der Waals surface area contributed by atoms with E-state index in [1.165, 1.54) is 50.6 Å². The van der Waals surface area contributed by atoms with Gasteiger partial charge in [-0.25, -0.2) is 27.7 Å². The summed E-state index contributed by atoms with van der Waals surface area (Å²) in [6.07, 6.45) is 0.468. The summed E-state index contributed by atoms with van der Waals surface area (Å²) in [6, 6.07) is 4.01. The van der Waals surface area contributed by atoms with Gasteiger partial charge in [0.2, 0.25) is 0 Å². The van der Waals surface area contributed by atoms with E-state index in [9.17, 15) is 27.6 Å². The molecular formula is C26H32F3N5O5. The molecule has 13 heteroatoms. The lowest BCUT2D eigenvalue weighted by molar-refractivity contribution is -0.118. The van der Waals surface area contributed by atoms with Crippen LogP contribution in [0.2, 0.25) is 0 Å². The maximum absolute atomic E-state index is 14.1. The number of methoxy groups -OCH3 is 1. The van der Waals surface area contributed by atoms with Crippen molar-refractivity contribution in [3.8, 4) is 0 Å². The summed E-state index contributed by atoms with van der Waals surface area (Å²) in [5.74, 6) is -4.32. The number of nitrogens with zero attached hydrogens (tertiary/aromatic N) is 2. The molecule has 0 bridgehead atoms. The third-order valence-corrected chi connectivity index (χ3v) is 5.72. The standard InChI is InChI=1S/C26H32F3N5O5/c1-15-10-17(6-7-18(15)27)21(33-24(37)39-25(2,3)4)22(35)32-20-11-16(8-9-30-20)19(12-38-5)34-14-26(28,29)13-31-23(34)36/h6-11,19,21H,12-14H2,1-5H3,(H,31,36)(H,33,37)(H,30,32,35)/t19-,21?/m1/s1. The molecule has 1 fully saturated rings. The van der Waals surface area contributed by atoms with Crippen LogP contribution in [0.4, 0.5) is 28.6 Å². The van der Waals surface area contributed by atoms with Crippen LogP contribution in [0, 0.1) is 12.7 Å². The van der Waals surface area contributed by atoms with Crippen LogP contribution in [0.15, 0.2) is 36.5 Å². The SMILES string of the molecule is COC[C@H](c1ccnc(NC(=O)C(NC(=O)OC(C)(C)C)c2ccc(F)c(C)c2)c1)N1CC(F)(F)CNC1=O. The first-order chi connectivity index (χ1) is 18.2. The molecule has 1 aliphatic heterocycles. The maximum atomic E-state index is 14.1. The molecule has 3 rings (SSSR count). The number of rotatable bonds is 8. The van der Waals surface area contributed by atoms with Gasteiger partial charge in [-0.1, -0.05) is 12.1 Å². The number of halogens is 3. The molecule has 1 unspecified atom stereocenters. The molecule has 212 valence electrons. The number of ether oxygens (including phenoxy) is 2. The molecular weight excluding hydrogens is 519 g/mol. The molecule has 2 atom stereocenters. The van der Waals surface area contributed by atoms with Gasteiger partial charge in [0, 0.05) is 13.3 Å². The lowest BCUT2D eigenvalue weighted by atomic mass is 10.0. The van der Waals surface area contributed by atoms with E-state index in [0.29, 0.717) is 5.56 Å². The van der Waals surface area contributed by atoms with Crippen LogP contribution in [-0.4, -0.2) is 66.2 Å². The van der Waals surface area contributed by atoms with Crippen molar-refractivity contribution >= 4 is 23.8 Å². The normalized spacial score (nSPS) is 16.6. The topological polar surface area (TPSA) is 122 Å². The highest BCUT2D eigenvalue weighted by atomic mass is 19.3. The Kier molecular flexibility index (Phi) is 9.05. The molecule has 4 amide bonds. The number of aryl methyl sites for hydroxylation is 1. The van der Waals surface area contributed by atoms with Crippen LogP contribution in [-0.2, 0) is 14.3 Å². The smallest absolute Gasteiger partial charge is 0.408 e. The highest BCUT2D eigenvalue weighted by Gasteiger charge is 2.42. The van der Waals surface area contributed by atoms with Crippen LogP contribution >= 0.6 is 0 Å². The minimum Gasteiger partial charge on any atom is -0.444 e. The molecule has 1 aromatic heterocycles. The Hall–Kier alpha value is -3.87. The summed E-state index contributed by atoms with van der Waals surface area (Å²) in [4.78, 5) is 43.3. The van der Waals surface area contributed by atoms with Gasteiger partial charge < -0.3 is 30.3 Å². The predicted octanol–water partition coefficient (Wildman–Crippen LogP) is 4.08. The number of carbonyl (C=O) groups is 3. The Morgan fingerprint density at radius 1 is 1.21 bits per heavy atom. The van der Waals surface area contributed by atoms with Crippen molar-refractivity contribution in [1.82, 2.24) is 20.5 Å². The van der Waals surface area contributed by atoms with Crippen LogP contribution in [0.3, 0.4) is 0 Å². The van der Waals surface area contributed by atoms with Gasteiger partial charge in [0.1, 0.15) is 23.3 Å². The quantitative estimate of drug-likeness (QED) is 0.455. The average Bonchev–Trinajstić information content (AvgIpc) is 2.83. The number of aromatic nitrogens is 1. The minimum atomic E-state index is -3.14. The molecule has 0 aliphatic carbocycles. The van der Waals surface area contributed by atoms with Crippen molar-refractivity contribution in [3.63, 3.8) is 0 Å². The zero-order chi connectivity index (χ0) is 29.0. The summed E-state index contributed by atoms with van der Waals surface area (Å²) in [7, 11) is 1.37. The van der Waals surface area contributed by atoms with Gasteiger partial charge in [0.25, 0.3) is 11.8 Å². The van der Waals surface area contributed by atoms with Crippen molar-refractivity contribution < 1.29 is 37.0 Å². The zero-order valence-electron chi connectivity index (χ0n) is 22.3. The third kappa shape index (κ3) is 8.06. The number of pyridine rings is 1. The molecule has 2 aromatic rings. The van der Waals surface area contributed by atoms with E-state index in [2.05, 4.69) is 20.9 Å². The lowest BCUT2D eigenvalue weighted by Gasteiger charge is -2.38. The molecule has 0 radical (unpaired) electrons. The fraction of sp³-hybridized carbons (Fsp3) is 0.462. The molecule has 3 N–H and O–H groups in total. The zero-order valence-corrected chi connectivity index (χ0v) is 22.3. The van der Waals surface area contributed by atoms with Crippen molar-refractivity contribution in [2.45, 2.75) is 51.3 Å². The highest BCUT2D eigenvalue weighted by Crippen LogP contribution is 2.29. The molecule has 0 saturated carbocycles. The number of amides is 4. The third-order valence-electron chi connectivity index (χ3n) is 5.72. The van der Waals surface area contributed by atoms with Crippen LogP contribution in [0.25, 0.3) is 0 Å². The van der Waals surface area contributed by atoms with Gasteiger partial charge in [-0.05, 0) is 62.6 Å². The second-order valence-electron chi connectivity index (χ2n) is 10.2.